The number of hydrogen-bond acceptors (Lipinski definition) is 4. The quantitative estimate of drug-likeness (QED) is 0.678. The summed E-state index contributed by atoms with van der Waals surface area (Å²) < 4.78 is 5.39. The topological polar surface area (TPSA) is 79.0 Å². The molecule has 170 valence electrons. The lowest BCUT2D eigenvalue weighted by Crippen LogP contribution is -2.30. The van der Waals surface area contributed by atoms with Crippen LogP contribution in [0.2, 0.25) is 5.02 Å². The number of methoxy groups -OCH3 is 1. The number of benzene rings is 2. The van der Waals surface area contributed by atoms with E-state index in [2.05, 4.69) is 5.32 Å². The minimum Gasteiger partial charge on any atom is -0.495 e. The minimum absolute atomic E-state index is 0.106. The molecule has 8 heteroatoms. The first-order valence-electron chi connectivity index (χ1n) is 10.6. The maximum atomic E-state index is 12.9. The van der Waals surface area contributed by atoms with Crippen LogP contribution in [-0.4, -0.2) is 49.4 Å². The number of rotatable bonds is 7. The molecular formula is C24H28ClN3O4. The molecule has 0 bridgehead atoms. The van der Waals surface area contributed by atoms with Crippen LogP contribution in [0.15, 0.2) is 36.4 Å². The highest BCUT2D eigenvalue weighted by Crippen LogP contribution is 2.34. The fraction of sp³-hybridized carbons (Fsp3) is 0.375. The second-order valence-electron chi connectivity index (χ2n) is 7.74. The maximum absolute atomic E-state index is 12.9. The molecule has 32 heavy (non-hydrogen) atoms. The Morgan fingerprint density at radius 3 is 2.53 bits per heavy atom. The van der Waals surface area contributed by atoms with Crippen molar-refractivity contribution in [3.05, 3.63) is 52.5 Å². The second-order valence-corrected chi connectivity index (χ2v) is 8.15. The van der Waals surface area contributed by atoms with E-state index in [1.807, 2.05) is 39.0 Å². The molecule has 1 atom stereocenters. The monoisotopic (exact) mass is 457 g/mol. The van der Waals surface area contributed by atoms with E-state index < -0.39 is 5.92 Å². The molecule has 1 N–H and O–H groups in total. The first kappa shape index (κ1) is 23.6. The van der Waals surface area contributed by atoms with Gasteiger partial charge in [0.25, 0.3) is 5.91 Å². The van der Waals surface area contributed by atoms with Gasteiger partial charge < -0.3 is 19.9 Å². The average Bonchev–Trinajstić information content (AvgIpc) is 3.16. The predicted molar refractivity (Wildman–Crippen MR) is 126 cm³/mol. The van der Waals surface area contributed by atoms with Crippen LogP contribution in [0.1, 0.15) is 36.2 Å². The fourth-order valence-corrected chi connectivity index (χ4v) is 4.08. The Morgan fingerprint density at radius 1 is 1.19 bits per heavy atom. The Bertz CT molecular complexity index is 1040. The maximum Gasteiger partial charge on any atom is 0.255 e. The molecule has 1 saturated heterocycles. The summed E-state index contributed by atoms with van der Waals surface area (Å²) >= 11 is 6.32. The first-order valence-corrected chi connectivity index (χ1v) is 11.0. The molecular weight excluding hydrogens is 430 g/mol. The molecule has 1 fully saturated rings. The van der Waals surface area contributed by atoms with E-state index in [0.717, 1.165) is 5.56 Å². The number of aryl methyl sites for hydroxylation is 1. The van der Waals surface area contributed by atoms with Gasteiger partial charge in [-0.05, 0) is 56.7 Å². The zero-order chi connectivity index (χ0) is 23.4. The van der Waals surface area contributed by atoms with Crippen molar-refractivity contribution in [2.75, 3.05) is 37.0 Å². The summed E-state index contributed by atoms with van der Waals surface area (Å²) in [5.74, 6) is -0.477. The zero-order valence-electron chi connectivity index (χ0n) is 18.8. The SMILES string of the molecule is CCN(CC)C(=O)c1ccc(NC(=O)C2CC(=O)N(c3cc(C)ccc3OC)C2)cc1Cl. The molecule has 1 aliphatic heterocycles. The van der Waals surface area contributed by atoms with Gasteiger partial charge in [-0.1, -0.05) is 17.7 Å². The summed E-state index contributed by atoms with van der Waals surface area (Å²) in [7, 11) is 1.55. The van der Waals surface area contributed by atoms with E-state index in [4.69, 9.17) is 16.3 Å². The van der Waals surface area contributed by atoms with Crippen LogP contribution in [0.5, 0.6) is 5.75 Å². The molecule has 2 aromatic carbocycles. The van der Waals surface area contributed by atoms with E-state index in [-0.39, 0.29) is 35.7 Å². The number of anilines is 2. The van der Waals surface area contributed by atoms with Gasteiger partial charge in [0, 0.05) is 31.7 Å². The number of amides is 3. The molecule has 0 spiro atoms. The molecule has 1 unspecified atom stereocenters. The summed E-state index contributed by atoms with van der Waals surface area (Å²) in [5.41, 5.74) is 2.53. The van der Waals surface area contributed by atoms with Crippen molar-refractivity contribution in [1.29, 1.82) is 0 Å². The Labute approximate surface area is 193 Å². The van der Waals surface area contributed by atoms with E-state index in [1.54, 1.807) is 35.1 Å². The van der Waals surface area contributed by atoms with Crippen LogP contribution in [0.25, 0.3) is 0 Å². The van der Waals surface area contributed by atoms with Gasteiger partial charge >= 0.3 is 0 Å². The van der Waals surface area contributed by atoms with E-state index >= 15 is 0 Å². The van der Waals surface area contributed by atoms with E-state index in [1.165, 1.54) is 0 Å². The summed E-state index contributed by atoms with van der Waals surface area (Å²) in [6.45, 7) is 7.18. The molecule has 2 aromatic rings. The van der Waals surface area contributed by atoms with Gasteiger partial charge in [0.2, 0.25) is 11.8 Å². The lowest BCUT2D eigenvalue weighted by Gasteiger charge is -2.20. The zero-order valence-corrected chi connectivity index (χ0v) is 19.5. The molecule has 1 aliphatic rings. The highest BCUT2D eigenvalue weighted by molar-refractivity contribution is 6.34. The third-order valence-corrected chi connectivity index (χ3v) is 5.95. The molecule has 3 amide bonds. The van der Waals surface area contributed by atoms with Crippen molar-refractivity contribution < 1.29 is 19.1 Å². The molecule has 0 aromatic heterocycles. The highest BCUT2D eigenvalue weighted by Gasteiger charge is 2.36. The van der Waals surface area contributed by atoms with Crippen molar-refractivity contribution in [2.45, 2.75) is 27.2 Å². The Balaban J connectivity index is 1.72. The number of nitrogens with zero attached hydrogens (tertiary/aromatic N) is 2. The lowest BCUT2D eigenvalue weighted by atomic mass is 10.1. The van der Waals surface area contributed by atoms with Crippen molar-refractivity contribution in [2.24, 2.45) is 5.92 Å². The molecule has 0 aliphatic carbocycles. The molecule has 0 radical (unpaired) electrons. The Morgan fingerprint density at radius 2 is 1.91 bits per heavy atom. The number of ether oxygens (including phenoxy) is 1. The molecule has 7 nitrogen and oxygen atoms in total. The smallest absolute Gasteiger partial charge is 0.255 e. The molecule has 3 rings (SSSR count). The number of carbonyl (C=O) groups excluding carboxylic acids is 3. The van der Waals surface area contributed by atoms with Gasteiger partial charge in [-0.3, -0.25) is 14.4 Å². The fourth-order valence-electron chi connectivity index (χ4n) is 3.82. The third-order valence-electron chi connectivity index (χ3n) is 5.64. The second kappa shape index (κ2) is 10.0. The van der Waals surface area contributed by atoms with Crippen LogP contribution in [-0.2, 0) is 9.59 Å². The van der Waals surface area contributed by atoms with Crippen LogP contribution in [0, 0.1) is 12.8 Å². The summed E-state index contributed by atoms with van der Waals surface area (Å²) in [6, 6.07) is 10.4. The van der Waals surface area contributed by atoms with Gasteiger partial charge in [0.05, 0.1) is 29.3 Å². The standard InChI is InChI=1S/C24H28ClN3O4/c1-5-27(6-2)24(31)18-9-8-17(13-19(18)25)26-23(30)16-12-22(29)28(14-16)20-11-15(3)7-10-21(20)32-4/h7-11,13,16H,5-6,12,14H2,1-4H3,(H,26,30). The summed E-state index contributed by atoms with van der Waals surface area (Å²) in [4.78, 5) is 41.3. The average molecular weight is 458 g/mol. The van der Waals surface area contributed by atoms with Crippen molar-refractivity contribution >= 4 is 40.7 Å². The van der Waals surface area contributed by atoms with E-state index in [0.29, 0.717) is 35.8 Å². The Kier molecular flexibility index (Phi) is 7.40. The normalized spacial score (nSPS) is 15.6. The predicted octanol–water partition coefficient (Wildman–Crippen LogP) is 4.13. The van der Waals surface area contributed by atoms with Crippen LogP contribution in [0.4, 0.5) is 11.4 Å². The number of hydrogen-bond donors (Lipinski definition) is 1. The van der Waals surface area contributed by atoms with E-state index in [9.17, 15) is 14.4 Å². The van der Waals surface area contributed by atoms with Gasteiger partial charge in [-0.25, -0.2) is 0 Å². The third kappa shape index (κ3) is 4.88. The Hall–Kier alpha value is -3.06. The van der Waals surface area contributed by atoms with Crippen molar-refractivity contribution in [3.8, 4) is 5.75 Å². The molecule has 0 saturated carbocycles. The number of carbonyl (C=O) groups is 3. The number of nitrogens with one attached hydrogen (secondary N) is 1. The van der Waals surface area contributed by atoms with Gasteiger partial charge in [0.1, 0.15) is 5.75 Å². The van der Waals surface area contributed by atoms with Crippen LogP contribution < -0.4 is 15.0 Å². The lowest BCUT2D eigenvalue weighted by molar-refractivity contribution is -0.122. The first-order chi connectivity index (χ1) is 15.3. The largest absolute Gasteiger partial charge is 0.495 e. The summed E-state index contributed by atoms with van der Waals surface area (Å²) in [6.07, 6.45) is 0.106. The van der Waals surface area contributed by atoms with Gasteiger partial charge in [0.15, 0.2) is 0 Å². The van der Waals surface area contributed by atoms with Crippen LogP contribution >= 0.6 is 11.6 Å². The van der Waals surface area contributed by atoms with Crippen molar-refractivity contribution in [3.63, 3.8) is 0 Å². The summed E-state index contributed by atoms with van der Waals surface area (Å²) in [5, 5.41) is 3.09. The van der Waals surface area contributed by atoms with Crippen molar-refractivity contribution in [1.82, 2.24) is 4.90 Å². The van der Waals surface area contributed by atoms with Gasteiger partial charge in [-0.2, -0.15) is 0 Å². The highest BCUT2D eigenvalue weighted by atomic mass is 35.5. The van der Waals surface area contributed by atoms with Crippen LogP contribution in [0.3, 0.4) is 0 Å². The molecule has 1 heterocycles. The number of halogens is 1. The minimum atomic E-state index is -0.511. The van der Waals surface area contributed by atoms with Gasteiger partial charge in [-0.15, -0.1) is 0 Å².